The lowest BCUT2D eigenvalue weighted by Crippen LogP contribution is -2.49. The second-order valence-electron chi connectivity index (χ2n) is 8.76. The van der Waals surface area contributed by atoms with Crippen molar-refractivity contribution in [2.45, 2.75) is 32.7 Å². The summed E-state index contributed by atoms with van der Waals surface area (Å²) >= 11 is 1.29. The maximum absolute atomic E-state index is 12.6. The zero-order valence-electron chi connectivity index (χ0n) is 20.3. The van der Waals surface area contributed by atoms with Crippen LogP contribution in [-0.4, -0.2) is 47.6 Å². The standard InChI is InChI=1S/C27H30N4O4S/c1-18(2)13-23(31-27(35)24-10-6-12-36-24)26(34)30-17-21(32)16-29-25(33)15-19-7-5-8-20(14-19)22-9-3-4-11-28-22/h3-12,14,18,23H,13,15-17H2,1-2H3,(H,29,33)(H,30,34)(H,31,35)/t23-/m0/s1. The number of carbonyl (C=O) groups is 4. The van der Waals surface area contributed by atoms with Crippen LogP contribution in [0.5, 0.6) is 0 Å². The van der Waals surface area contributed by atoms with Crippen molar-refractivity contribution >= 4 is 34.8 Å². The molecule has 3 rings (SSSR count). The Morgan fingerprint density at radius 3 is 2.44 bits per heavy atom. The highest BCUT2D eigenvalue weighted by Crippen LogP contribution is 2.18. The molecule has 0 fully saturated rings. The predicted molar refractivity (Wildman–Crippen MR) is 139 cm³/mol. The average molecular weight is 507 g/mol. The van der Waals surface area contributed by atoms with E-state index in [-0.39, 0.29) is 43.0 Å². The molecular weight excluding hydrogens is 476 g/mol. The molecule has 3 aromatic rings. The molecule has 3 amide bonds. The van der Waals surface area contributed by atoms with E-state index in [1.54, 1.807) is 23.7 Å². The molecule has 2 heterocycles. The summed E-state index contributed by atoms with van der Waals surface area (Å²) in [5, 5.41) is 9.71. The van der Waals surface area contributed by atoms with Gasteiger partial charge in [-0.1, -0.05) is 44.2 Å². The van der Waals surface area contributed by atoms with E-state index in [2.05, 4.69) is 20.9 Å². The number of ketones is 1. The molecule has 0 unspecified atom stereocenters. The SMILES string of the molecule is CC(C)C[C@H](NC(=O)c1cccs1)C(=O)NCC(=O)CNC(=O)Cc1cccc(-c2ccccn2)c1. The van der Waals surface area contributed by atoms with Gasteiger partial charge < -0.3 is 16.0 Å². The Hall–Kier alpha value is -3.85. The van der Waals surface area contributed by atoms with Gasteiger partial charge in [-0.15, -0.1) is 11.3 Å². The molecule has 36 heavy (non-hydrogen) atoms. The number of Topliss-reactive ketones (excluding diaryl/α,β-unsaturated/α-hetero) is 1. The molecule has 0 saturated heterocycles. The first-order valence-electron chi connectivity index (χ1n) is 11.7. The quantitative estimate of drug-likeness (QED) is 0.349. The fourth-order valence-electron chi connectivity index (χ4n) is 3.53. The average Bonchev–Trinajstić information content (AvgIpc) is 3.41. The van der Waals surface area contributed by atoms with Crippen LogP contribution >= 0.6 is 11.3 Å². The largest absolute Gasteiger partial charge is 0.349 e. The van der Waals surface area contributed by atoms with Crippen LogP contribution in [0.25, 0.3) is 11.3 Å². The number of pyridine rings is 1. The summed E-state index contributed by atoms with van der Waals surface area (Å²) in [4.78, 5) is 54.5. The Bertz CT molecular complexity index is 1180. The van der Waals surface area contributed by atoms with E-state index in [4.69, 9.17) is 0 Å². The van der Waals surface area contributed by atoms with Gasteiger partial charge >= 0.3 is 0 Å². The van der Waals surface area contributed by atoms with E-state index in [9.17, 15) is 19.2 Å². The van der Waals surface area contributed by atoms with Crippen LogP contribution in [0.15, 0.2) is 66.2 Å². The molecule has 0 aliphatic carbocycles. The molecule has 2 aromatic heterocycles. The third-order valence-electron chi connectivity index (χ3n) is 5.27. The molecule has 0 aliphatic heterocycles. The van der Waals surface area contributed by atoms with E-state index in [1.165, 1.54) is 11.3 Å². The fraction of sp³-hybridized carbons (Fsp3) is 0.296. The summed E-state index contributed by atoms with van der Waals surface area (Å²) in [6.45, 7) is 3.46. The molecule has 1 atom stereocenters. The Morgan fingerprint density at radius 1 is 0.944 bits per heavy atom. The van der Waals surface area contributed by atoms with E-state index < -0.39 is 11.9 Å². The van der Waals surface area contributed by atoms with Crippen LogP contribution in [0, 0.1) is 5.92 Å². The maximum atomic E-state index is 12.6. The summed E-state index contributed by atoms with van der Waals surface area (Å²) in [6, 6.07) is 15.8. The lowest BCUT2D eigenvalue weighted by Gasteiger charge is -2.19. The van der Waals surface area contributed by atoms with Crippen molar-refractivity contribution in [2.75, 3.05) is 13.1 Å². The van der Waals surface area contributed by atoms with Crippen LogP contribution < -0.4 is 16.0 Å². The van der Waals surface area contributed by atoms with Gasteiger partial charge in [0.15, 0.2) is 5.78 Å². The van der Waals surface area contributed by atoms with E-state index in [1.807, 2.05) is 56.3 Å². The summed E-state index contributed by atoms with van der Waals surface area (Å²) in [6.07, 6.45) is 2.26. The Morgan fingerprint density at radius 2 is 1.75 bits per heavy atom. The van der Waals surface area contributed by atoms with Crippen LogP contribution in [0.1, 0.15) is 35.5 Å². The molecule has 1 aromatic carbocycles. The number of carbonyl (C=O) groups excluding carboxylic acids is 4. The molecule has 0 spiro atoms. The number of rotatable bonds is 12. The van der Waals surface area contributed by atoms with Gasteiger partial charge in [0.25, 0.3) is 5.91 Å². The number of hydrogen-bond acceptors (Lipinski definition) is 6. The highest BCUT2D eigenvalue weighted by Gasteiger charge is 2.23. The van der Waals surface area contributed by atoms with Crippen molar-refractivity contribution in [3.05, 3.63) is 76.6 Å². The van der Waals surface area contributed by atoms with E-state index >= 15 is 0 Å². The Kier molecular flexibility index (Phi) is 9.88. The van der Waals surface area contributed by atoms with E-state index in [0.717, 1.165) is 16.8 Å². The minimum atomic E-state index is -0.756. The molecule has 0 saturated carbocycles. The molecule has 188 valence electrons. The van der Waals surface area contributed by atoms with Crippen LogP contribution in [0.2, 0.25) is 0 Å². The van der Waals surface area contributed by atoms with Crippen molar-refractivity contribution in [3.63, 3.8) is 0 Å². The number of nitrogens with one attached hydrogen (secondary N) is 3. The lowest BCUT2D eigenvalue weighted by molar-refractivity contribution is -0.127. The minimum absolute atomic E-state index is 0.117. The zero-order chi connectivity index (χ0) is 25.9. The number of nitrogens with zero attached hydrogens (tertiary/aromatic N) is 1. The molecule has 9 heteroatoms. The third kappa shape index (κ3) is 8.42. The fourth-order valence-corrected chi connectivity index (χ4v) is 4.16. The van der Waals surface area contributed by atoms with Crippen LogP contribution in [-0.2, 0) is 20.8 Å². The van der Waals surface area contributed by atoms with Crippen molar-refractivity contribution in [1.29, 1.82) is 0 Å². The predicted octanol–water partition coefficient (Wildman–Crippen LogP) is 3.00. The monoisotopic (exact) mass is 506 g/mol. The van der Waals surface area contributed by atoms with Gasteiger partial charge in [0.1, 0.15) is 6.04 Å². The van der Waals surface area contributed by atoms with Crippen LogP contribution in [0.3, 0.4) is 0 Å². The maximum Gasteiger partial charge on any atom is 0.261 e. The van der Waals surface area contributed by atoms with Crippen LogP contribution in [0.4, 0.5) is 0 Å². The minimum Gasteiger partial charge on any atom is -0.349 e. The molecule has 8 nitrogen and oxygen atoms in total. The van der Waals surface area contributed by atoms with Gasteiger partial charge in [-0.3, -0.25) is 24.2 Å². The van der Waals surface area contributed by atoms with Gasteiger partial charge in [-0.25, -0.2) is 0 Å². The highest BCUT2D eigenvalue weighted by molar-refractivity contribution is 7.12. The summed E-state index contributed by atoms with van der Waals surface area (Å²) in [5.41, 5.74) is 2.52. The van der Waals surface area contributed by atoms with Gasteiger partial charge in [-0.2, -0.15) is 0 Å². The molecule has 0 radical (unpaired) electrons. The van der Waals surface area contributed by atoms with Gasteiger partial charge in [0, 0.05) is 11.8 Å². The number of amides is 3. The Balaban J connectivity index is 1.45. The third-order valence-corrected chi connectivity index (χ3v) is 6.14. The number of aromatic nitrogens is 1. The van der Waals surface area contributed by atoms with Crippen molar-refractivity contribution in [2.24, 2.45) is 5.92 Å². The molecular formula is C27H30N4O4S. The molecule has 0 bridgehead atoms. The van der Waals surface area contributed by atoms with E-state index in [0.29, 0.717) is 11.3 Å². The summed E-state index contributed by atoms with van der Waals surface area (Å²) in [7, 11) is 0. The second kappa shape index (κ2) is 13.3. The van der Waals surface area contributed by atoms with Crippen molar-refractivity contribution in [3.8, 4) is 11.3 Å². The second-order valence-corrected chi connectivity index (χ2v) is 9.71. The number of benzene rings is 1. The first kappa shape index (κ1) is 26.7. The van der Waals surface area contributed by atoms with Crippen molar-refractivity contribution in [1.82, 2.24) is 20.9 Å². The smallest absolute Gasteiger partial charge is 0.261 e. The molecule has 3 N–H and O–H groups in total. The Labute approximate surface area is 214 Å². The highest BCUT2D eigenvalue weighted by atomic mass is 32.1. The van der Waals surface area contributed by atoms with Gasteiger partial charge in [0.2, 0.25) is 11.8 Å². The van der Waals surface area contributed by atoms with Gasteiger partial charge in [-0.05, 0) is 47.5 Å². The zero-order valence-corrected chi connectivity index (χ0v) is 21.1. The summed E-state index contributed by atoms with van der Waals surface area (Å²) in [5.74, 6) is -1.23. The lowest BCUT2D eigenvalue weighted by atomic mass is 10.0. The topological polar surface area (TPSA) is 117 Å². The number of hydrogen-bond donors (Lipinski definition) is 3. The normalized spacial score (nSPS) is 11.5. The van der Waals surface area contributed by atoms with Gasteiger partial charge in [0.05, 0.1) is 30.1 Å². The van der Waals surface area contributed by atoms with Crippen molar-refractivity contribution < 1.29 is 19.2 Å². The number of thiophene rings is 1. The first-order chi connectivity index (χ1) is 17.3. The first-order valence-corrected chi connectivity index (χ1v) is 12.6. The molecule has 0 aliphatic rings. The summed E-state index contributed by atoms with van der Waals surface area (Å²) < 4.78 is 0.